The fourth-order valence-electron chi connectivity index (χ4n) is 4.04. The zero-order valence-electron chi connectivity index (χ0n) is 17.0. The Labute approximate surface area is 174 Å². The van der Waals surface area contributed by atoms with E-state index >= 15 is 0 Å². The normalized spacial score (nSPS) is 18.5. The number of ether oxygens (including phenoxy) is 1. The number of imidazole rings is 1. The molecule has 0 radical (unpaired) electrons. The quantitative estimate of drug-likeness (QED) is 0.454. The van der Waals surface area contributed by atoms with E-state index in [4.69, 9.17) is 9.72 Å². The molecule has 1 aliphatic heterocycles. The molecule has 1 aromatic heterocycles. The van der Waals surface area contributed by atoms with E-state index in [-0.39, 0.29) is 18.3 Å². The van der Waals surface area contributed by atoms with Gasteiger partial charge in [0.1, 0.15) is 5.82 Å². The van der Waals surface area contributed by atoms with Gasteiger partial charge in [-0.1, -0.05) is 37.6 Å². The fourth-order valence-corrected chi connectivity index (χ4v) is 4.04. The van der Waals surface area contributed by atoms with E-state index in [1.807, 2.05) is 35.8 Å². The number of unbranched alkanes of at least 4 members (excludes halogenated alkanes) is 1. The molecule has 0 fully saturated rings. The van der Waals surface area contributed by atoms with Gasteiger partial charge in [0.15, 0.2) is 5.92 Å². The Morgan fingerprint density at radius 2 is 1.87 bits per heavy atom. The van der Waals surface area contributed by atoms with Crippen LogP contribution in [-0.2, 0) is 14.3 Å². The number of carbonyl (C=O) groups excluding carboxylic acids is 2. The molecule has 156 valence electrons. The van der Waals surface area contributed by atoms with E-state index in [1.165, 1.54) is 12.1 Å². The zero-order valence-corrected chi connectivity index (χ0v) is 17.0. The molecule has 0 aliphatic carbocycles. The smallest absolute Gasteiger partial charge is 0.321 e. The van der Waals surface area contributed by atoms with Crippen molar-refractivity contribution in [2.24, 2.45) is 5.92 Å². The lowest BCUT2D eigenvalue weighted by molar-refractivity contribution is -0.153. The van der Waals surface area contributed by atoms with Crippen LogP contribution in [0.2, 0.25) is 0 Å². The Kier molecular flexibility index (Phi) is 5.53. The number of esters is 1. The average Bonchev–Trinajstić information content (AvgIpc) is 3.12. The van der Waals surface area contributed by atoms with Gasteiger partial charge in [-0.3, -0.25) is 14.5 Å². The molecular weight excluding hydrogens is 385 g/mol. The standard InChI is InChI=1S/C23H24FN3O3/c1-3-5-14-26-21(28)19(22(29)30-4-2)20(15-10-12-16(24)13-11-15)27-18-9-7-6-8-17(18)25-23(26)27/h6-13,19-20H,3-5,14H2,1-2H3/t19-,20+/m0/s1. The number of benzene rings is 2. The van der Waals surface area contributed by atoms with Crippen molar-refractivity contribution in [3.05, 3.63) is 59.9 Å². The molecule has 2 atom stereocenters. The topological polar surface area (TPSA) is 64.4 Å². The number of anilines is 1. The number of aromatic nitrogens is 2. The summed E-state index contributed by atoms with van der Waals surface area (Å²) < 4.78 is 20.8. The zero-order chi connectivity index (χ0) is 21.3. The molecule has 4 rings (SSSR count). The second kappa shape index (κ2) is 8.26. The maximum atomic E-state index is 13.6. The first-order valence-corrected chi connectivity index (χ1v) is 10.3. The summed E-state index contributed by atoms with van der Waals surface area (Å²) in [5, 5.41) is 0. The van der Waals surface area contributed by atoms with E-state index in [2.05, 4.69) is 0 Å². The number of nitrogens with zero attached hydrogens (tertiary/aromatic N) is 3. The number of para-hydroxylation sites is 2. The second-order valence-electron chi connectivity index (χ2n) is 7.34. The third-order valence-electron chi connectivity index (χ3n) is 5.43. The van der Waals surface area contributed by atoms with Crippen molar-refractivity contribution in [1.29, 1.82) is 0 Å². The van der Waals surface area contributed by atoms with Gasteiger partial charge in [0.2, 0.25) is 11.9 Å². The van der Waals surface area contributed by atoms with Crippen molar-refractivity contribution in [3.8, 4) is 0 Å². The van der Waals surface area contributed by atoms with Crippen molar-refractivity contribution in [3.63, 3.8) is 0 Å². The summed E-state index contributed by atoms with van der Waals surface area (Å²) >= 11 is 0. The highest BCUT2D eigenvalue weighted by Crippen LogP contribution is 2.41. The van der Waals surface area contributed by atoms with Crippen molar-refractivity contribution < 1.29 is 18.7 Å². The minimum absolute atomic E-state index is 0.172. The van der Waals surface area contributed by atoms with Crippen LogP contribution in [0.4, 0.5) is 10.3 Å². The SMILES string of the molecule is CCCCN1C(=O)[C@@H](C(=O)OCC)[C@@H](c2ccc(F)cc2)n2c1nc1ccccc12. The molecule has 0 N–H and O–H groups in total. The van der Waals surface area contributed by atoms with E-state index in [0.29, 0.717) is 18.1 Å². The molecule has 6 nitrogen and oxygen atoms in total. The number of rotatable bonds is 6. The summed E-state index contributed by atoms with van der Waals surface area (Å²) in [7, 11) is 0. The second-order valence-corrected chi connectivity index (χ2v) is 7.34. The van der Waals surface area contributed by atoms with Crippen LogP contribution in [0.25, 0.3) is 11.0 Å². The van der Waals surface area contributed by atoms with E-state index < -0.39 is 17.9 Å². The number of carbonyl (C=O) groups is 2. The van der Waals surface area contributed by atoms with Crippen LogP contribution in [0, 0.1) is 11.7 Å². The van der Waals surface area contributed by atoms with Gasteiger partial charge in [-0.2, -0.15) is 0 Å². The highest BCUT2D eigenvalue weighted by molar-refractivity contribution is 6.08. The molecule has 1 aliphatic rings. The Morgan fingerprint density at radius 3 is 2.57 bits per heavy atom. The lowest BCUT2D eigenvalue weighted by Gasteiger charge is -2.38. The van der Waals surface area contributed by atoms with Crippen LogP contribution in [0.5, 0.6) is 0 Å². The number of hydrogen-bond acceptors (Lipinski definition) is 4. The minimum atomic E-state index is -1.07. The molecule has 0 saturated heterocycles. The van der Waals surface area contributed by atoms with Gasteiger partial charge in [0.05, 0.1) is 23.7 Å². The largest absolute Gasteiger partial charge is 0.465 e. The number of hydrogen-bond donors (Lipinski definition) is 0. The van der Waals surface area contributed by atoms with Gasteiger partial charge in [-0.25, -0.2) is 9.37 Å². The lowest BCUT2D eigenvalue weighted by atomic mass is 9.89. The molecule has 1 amide bonds. The van der Waals surface area contributed by atoms with E-state index in [0.717, 1.165) is 23.9 Å². The molecule has 2 heterocycles. The summed E-state index contributed by atoms with van der Waals surface area (Å²) in [4.78, 5) is 32.8. The predicted molar refractivity (Wildman–Crippen MR) is 112 cm³/mol. The Bertz CT molecular complexity index is 1080. The fraction of sp³-hybridized carbons (Fsp3) is 0.348. The van der Waals surface area contributed by atoms with Crippen LogP contribution in [0.3, 0.4) is 0 Å². The first-order valence-electron chi connectivity index (χ1n) is 10.3. The number of halogens is 1. The molecule has 30 heavy (non-hydrogen) atoms. The van der Waals surface area contributed by atoms with Crippen molar-refractivity contribution in [1.82, 2.24) is 9.55 Å². The third kappa shape index (κ3) is 3.34. The third-order valence-corrected chi connectivity index (χ3v) is 5.43. The summed E-state index contributed by atoms with van der Waals surface area (Å²) in [5.41, 5.74) is 2.20. The van der Waals surface area contributed by atoms with Crippen molar-refractivity contribution >= 4 is 28.9 Å². The molecule has 0 unspecified atom stereocenters. The first-order chi connectivity index (χ1) is 14.6. The Balaban J connectivity index is 1.97. The summed E-state index contributed by atoms with van der Waals surface area (Å²) in [6.07, 6.45) is 1.68. The molecule has 3 aromatic rings. The molecule has 0 saturated carbocycles. The van der Waals surface area contributed by atoms with Crippen LogP contribution >= 0.6 is 0 Å². The van der Waals surface area contributed by atoms with Gasteiger partial charge in [0, 0.05) is 6.54 Å². The molecule has 0 bridgehead atoms. The molecule has 0 spiro atoms. The van der Waals surface area contributed by atoms with Crippen molar-refractivity contribution in [2.45, 2.75) is 32.7 Å². The van der Waals surface area contributed by atoms with Gasteiger partial charge in [-0.05, 0) is 43.2 Å². The lowest BCUT2D eigenvalue weighted by Crippen LogP contribution is -2.50. The predicted octanol–water partition coefficient (Wildman–Crippen LogP) is 4.09. The Morgan fingerprint density at radius 1 is 1.13 bits per heavy atom. The summed E-state index contributed by atoms with van der Waals surface area (Å²) in [6, 6.07) is 12.8. The number of amides is 1. The molecular formula is C23H24FN3O3. The van der Waals surface area contributed by atoms with Crippen LogP contribution < -0.4 is 4.90 Å². The Hall–Kier alpha value is -3.22. The maximum Gasteiger partial charge on any atom is 0.321 e. The van der Waals surface area contributed by atoms with Crippen LogP contribution in [0.1, 0.15) is 38.3 Å². The highest BCUT2D eigenvalue weighted by Gasteiger charge is 2.47. The van der Waals surface area contributed by atoms with Crippen LogP contribution in [0.15, 0.2) is 48.5 Å². The molecule has 2 aromatic carbocycles. The van der Waals surface area contributed by atoms with Gasteiger partial charge in [-0.15, -0.1) is 0 Å². The van der Waals surface area contributed by atoms with E-state index in [1.54, 1.807) is 24.0 Å². The molecule has 7 heteroatoms. The average molecular weight is 409 g/mol. The highest BCUT2D eigenvalue weighted by atomic mass is 19.1. The van der Waals surface area contributed by atoms with Gasteiger partial charge >= 0.3 is 5.97 Å². The van der Waals surface area contributed by atoms with E-state index in [9.17, 15) is 14.0 Å². The van der Waals surface area contributed by atoms with Crippen molar-refractivity contribution in [2.75, 3.05) is 18.1 Å². The van der Waals surface area contributed by atoms with Crippen LogP contribution in [-0.4, -0.2) is 34.6 Å². The summed E-state index contributed by atoms with van der Waals surface area (Å²) in [5.74, 6) is -1.86. The van der Waals surface area contributed by atoms with Gasteiger partial charge in [0.25, 0.3) is 0 Å². The monoisotopic (exact) mass is 409 g/mol. The number of fused-ring (bicyclic) bond motifs is 3. The van der Waals surface area contributed by atoms with Gasteiger partial charge < -0.3 is 9.30 Å². The minimum Gasteiger partial charge on any atom is -0.465 e. The summed E-state index contributed by atoms with van der Waals surface area (Å²) in [6.45, 7) is 4.39. The maximum absolute atomic E-state index is 13.6. The first kappa shape index (κ1) is 20.1.